The molecule has 6 nitrogen and oxygen atoms in total. The molecule has 4 rings (SSSR count). The smallest absolute Gasteiger partial charge is 0.254 e. The maximum absolute atomic E-state index is 12.9. The van der Waals surface area contributed by atoms with E-state index in [1.54, 1.807) is 16.9 Å². The van der Waals surface area contributed by atoms with Crippen LogP contribution in [-0.4, -0.2) is 77.1 Å². The predicted octanol–water partition coefficient (Wildman–Crippen LogP) is 2.39. The van der Waals surface area contributed by atoms with Crippen LogP contribution < -0.4 is 0 Å². The lowest BCUT2D eigenvalue weighted by atomic mass is 9.81. The fourth-order valence-corrected chi connectivity index (χ4v) is 5.01. The fraction of sp³-hybridized carbons (Fsp3) is 0.636. The molecule has 0 aromatic heterocycles. The zero-order valence-corrected chi connectivity index (χ0v) is 17.6. The van der Waals surface area contributed by atoms with E-state index < -0.39 is 5.60 Å². The van der Waals surface area contributed by atoms with Crippen LogP contribution in [-0.2, 0) is 9.53 Å². The Morgan fingerprint density at radius 3 is 2.28 bits per heavy atom. The van der Waals surface area contributed by atoms with Crippen molar-refractivity contribution >= 4 is 23.4 Å². The van der Waals surface area contributed by atoms with Gasteiger partial charge in [-0.15, -0.1) is 11.6 Å². The quantitative estimate of drug-likeness (QED) is 0.759. The molecule has 3 atom stereocenters. The van der Waals surface area contributed by atoms with Crippen LogP contribution in [0.3, 0.4) is 0 Å². The molecular weight excluding hydrogens is 392 g/mol. The first-order valence-electron chi connectivity index (χ1n) is 10.5. The van der Waals surface area contributed by atoms with E-state index >= 15 is 0 Å². The molecule has 1 heterocycles. The predicted molar refractivity (Wildman–Crippen MR) is 110 cm³/mol. The lowest BCUT2D eigenvalue weighted by Gasteiger charge is -2.36. The molecule has 0 bridgehead atoms. The van der Waals surface area contributed by atoms with Gasteiger partial charge in [0.15, 0.2) is 0 Å². The number of alkyl halides is 1. The number of methoxy groups -OCH3 is 1. The van der Waals surface area contributed by atoms with Crippen LogP contribution in [0.25, 0.3) is 0 Å². The molecule has 7 heteroatoms. The minimum Gasteiger partial charge on any atom is -0.380 e. The number of hydrogen-bond donors (Lipinski definition) is 1. The van der Waals surface area contributed by atoms with E-state index in [1.807, 2.05) is 24.3 Å². The highest BCUT2D eigenvalue weighted by Crippen LogP contribution is 2.38. The first-order chi connectivity index (χ1) is 13.9. The summed E-state index contributed by atoms with van der Waals surface area (Å²) >= 11 is 6.45. The largest absolute Gasteiger partial charge is 0.380 e. The normalized spacial score (nSPS) is 28.9. The highest BCUT2D eigenvalue weighted by molar-refractivity contribution is 6.21. The Bertz CT molecular complexity index is 757. The second-order valence-corrected chi connectivity index (χ2v) is 9.05. The van der Waals surface area contributed by atoms with Crippen molar-refractivity contribution in [2.24, 2.45) is 0 Å². The minimum atomic E-state index is -1.14. The molecule has 2 unspecified atom stereocenters. The van der Waals surface area contributed by atoms with Crippen molar-refractivity contribution in [3.8, 4) is 0 Å². The molecule has 1 N–H and O–H groups in total. The number of carbonyl (C=O) groups excluding carboxylic acids is 2. The first-order valence-corrected chi connectivity index (χ1v) is 10.9. The topological polar surface area (TPSA) is 70.1 Å². The van der Waals surface area contributed by atoms with E-state index in [-0.39, 0.29) is 29.2 Å². The van der Waals surface area contributed by atoms with Gasteiger partial charge in [0.05, 0.1) is 11.5 Å². The van der Waals surface area contributed by atoms with Gasteiger partial charge in [-0.3, -0.25) is 9.59 Å². The van der Waals surface area contributed by atoms with Crippen LogP contribution in [0.4, 0.5) is 0 Å². The Balaban J connectivity index is 1.37. The third-order valence-corrected chi connectivity index (χ3v) is 7.05. The summed E-state index contributed by atoms with van der Waals surface area (Å²) in [7, 11) is 1.71. The number of halogens is 1. The SMILES string of the molecule is COC1C(c2ccc(C(=O)N3CCN(C(=O)C4(O)CC4)CC3)cc2)CCC[C@@H]1Cl. The fourth-order valence-electron chi connectivity index (χ4n) is 4.58. The van der Waals surface area contributed by atoms with Gasteiger partial charge in [0.25, 0.3) is 11.8 Å². The number of benzene rings is 1. The first kappa shape index (κ1) is 20.6. The summed E-state index contributed by atoms with van der Waals surface area (Å²) in [5.74, 6) is 0.0471. The molecule has 158 valence electrons. The zero-order chi connectivity index (χ0) is 20.6. The highest BCUT2D eigenvalue weighted by atomic mass is 35.5. The van der Waals surface area contributed by atoms with Crippen molar-refractivity contribution in [1.82, 2.24) is 9.80 Å². The lowest BCUT2D eigenvalue weighted by molar-refractivity contribution is -0.143. The monoisotopic (exact) mass is 420 g/mol. The van der Waals surface area contributed by atoms with Crippen molar-refractivity contribution in [1.29, 1.82) is 0 Å². The molecule has 3 aliphatic rings. The summed E-state index contributed by atoms with van der Waals surface area (Å²) in [6.45, 7) is 1.93. The molecule has 0 radical (unpaired) electrons. The summed E-state index contributed by atoms with van der Waals surface area (Å²) < 4.78 is 5.64. The van der Waals surface area contributed by atoms with Gasteiger partial charge < -0.3 is 19.6 Å². The van der Waals surface area contributed by atoms with Crippen molar-refractivity contribution in [2.45, 2.75) is 55.1 Å². The number of amides is 2. The third-order valence-electron chi connectivity index (χ3n) is 6.58. The van der Waals surface area contributed by atoms with E-state index in [0.29, 0.717) is 44.6 Å². The molecule has 3 fully saturated rings. The van der Waals surface area contributed by atoms with E-state index in [9.17, 15) is 14.7 Å². The van der Waals surface area contributed by atoms with Gasteiger partial charge in [0, 0.05) is 44.8 Å². The molecule has 1 saturated heterocycles. The van der Waals surface area contributed by atoms with Gasteiger partial charge >= 0.3 is 0 Å². The Kier molecular flexibility index (Phi) is 5.87. The van der Waals surface area contributed by atoms with Crippen molar-refractivity contribution < 1.29 is 19.4 Å². The van der Waals surface area contributed by atoms with E-state index in [4.69, 9.17) is 16.3 Å². The van der Waals surface area contributed by atoms with Crippen molar-refractivity contribution in [2.75, 3.05) is 33.3 Å². The van der Waals surface area contributed by atoms with Gasteiger partial charge in [-0.05, 0) is 43.4 Å². The summed E-state index contributed by atoms with van der Waals surface area (Å²) in [5.41, 5.74) is 0.678. The molecule has 2 aliphatic carbocycles. The van der Waals surface area contributed by atoms with Crippen LogP contribution in [0.2, 0.25) is 0 Å². The Hall–Kier alpha value is -1.63. The maximum atomic E-state index is 12.9. The van der Waals surface area contributed by atoms with E-state index in [0.717, 1.165) is 24.8 Å². The van der Waals surface area contributed by atoms with Crippen molar-refractivity contribution in [3.05, 3.63) is 35.4 Å². The van der Waals surface area contributed by atoms with Gasteiger partial charge in [-0.25, -0.2) is 0 Å². The molecule has 1 aromatic rings. The van der Waals surface area contributed by atoms with E-state index in [2.05, 4.69) is 0 Å². The number of aliphatic hydroxyl groups is 1. The molecule has 1 aromatic carbocycles. The number of hydrogen-bond acceptors (Lipinski definition) is 4. The second kappa shape index (κ2) is 8.25. The lowest BCUT2D eigenvalue weighted by Crippen LogP contribution is -2.53. The van der Waals surface area contributed by atoms with E-state index in [1.165, 1.54) is 0 Å². The summed E-state index contributed by atoms with van der Waals surface area (Å²) in [4.78, 5) is 28.6. The number of carbonyl (C=O) groups is 2. The second-order valence-electron chi connectivity index (χ2n) is 8.49. The van der Waals surface area contributed by atoms with Gasteiger partial charge in [-0.1, -0.05) is 18.6 Å². The number of nitrogens with zero attached hydrogens (tertiary/aromatic N) is 2. The average molecular weight is 421 g/mol. The Morgan fingerprint density at radius 1 is 1.07 bits per heavy atom. The minimum absolute atomic E-state index is 0.00105. The van der Waals surface area contributed by atoms with Gasteiger partial charge in [0.2, 0.25) is 0 Å². The van der Waals surface area contributed by atoms with Gasteiger partial charge in [-0.2, -0.15) is 0 Å². The van der Waals surface area contributed by atoms with Crippen LogP contribution in [0.5, 0.6) is 0 Å². The van der Waals surface area contributed by atoms with Crippen LogP contribution >= 0.6 is 11.6 Å². The van der Waals surface area contributed by atoms with Crippen molar-refractivity contribution in [3.63, 3.8) is 0 Å². The standard InChI is InChI=1S/C22H29ClN2O4/c1-29-19-17(3-2-4-18(19)23)15-5-7-16(8-6-15)20(26)24-11-13-25(14-12-24)21(27)22(28)9-10-22/h5-8,17-19,28H,2-4,9-14H2,1H3/t17?,18-,19?/m0/s1. The Labute approximate surface area is 176 Å². The number of rotatable bonds is 4. The van der Waals surface area contributed by atoms with Gasteiger partial charge in [0.1, 0.15) is 5.60 Å². The molecule has 0 spiro atoms. The molecular formula is C22H29ClN2O4. The maximum Gasteiger partial charge on any atom is 0.254 e. The van der Waals surface area contributed by atoms with Crippen LogP contribution in [0, 0.1) is 0 Å². The molecule has 29 heavy (non-hydrogen) atoms. The molecule has 2 saturated carbocycles. The highest BCUT2D eigenvalue weighted by Gasteiger charge is 2.50. The number of ether oxygens (including phenoxy) is 1. The average Bonchev–Trinajstić information content (AvgIpc) is 3.51. The summed E-state index contributed by atoms with van der Waals surface area (Å²) in [5, 5.41) is 10.0. The Morgan fingerprint density at radius 2 is 1.69 bits per heavy atom. The molecule has 1 aliphatic heterocycles. The number of piperazine rings is 1. The van der Waals surface area contributed by atoms with Crippen LogP contribution in [0.15, 0.2) is 24.3 Å². The zero-order valence-electron chi connectivity index (χ0n) is 16.8. The molecule has 2 amide bonds. The van der Waals surface area contributed by atoms with Crippen LogP contribution in [0.1, 0.15) is 53.9 Å². The summed E-state index contributed by atoms with van der Waals surface area (Å²) in [6.07, 6.45) is 4.19. The summed E-state index contributed by atoms with van der Waals surface area (Å²) in [6, 6.07) is 7.79. The third kappa shape index (κ3) is 4.16.